The van der Waals surface area contributed by atoms with Crippen molar-refractivity contribution in [2.75, 3.05) is 17.2 Å². The fourth-order valence-corrected chi connectivity index (χ4v) is 3.16. The molecule has 1 aliphatic rings. The van der Waals surface area contributed by atoms with Gasteiger partial charge in [0.05, 0.1) is 11.6 Å². The van der Waals surface area contributed by atoms with Gasteiger partial charge in [0.25, 0.3) is 0 Å². The van der Waals surface area contributed by atoms with Gasteiger partial charge in [0.15, 0.2) is 5.65 Å². The van der Waals surface area contributed by atoms with Crippen molar-refractivity contribution in [3.63, 3.8) is 0 Å². The Morgan fingerprint density at radius 2 is 2.00 bits per heavy atom. The molecule has 1 aliphatic carbocycles. The number of nitrogens with one attached hydrogen (secondary N) is 2. The summed E-state index contributed by atoms with van der Waals surface area (Å²) >= 11 is 0. The van der Waals surface area contributed by atoms with E-state index in [-0.39, 0.29) is 6.04 Å². The molecule has 1 saturated carbocycles. The van der Waals surface area contributed by atoms with Crippen LogP contribution >= 0.6 is 0 Å². The summed E-state index contributed by atoms with van der Waals surface area (Å²) in [6, 6.07) is 10.3. The van der Waals surface area contributed by atoms with Crippen molar-refractivity contribution in [2.24, 2.45) is 18.7 Å². The third kappa shape index (κ3) is 3.48. The standard InChI is InChI=1S/C19H25N7/c1-12(13-8-9-13)23-17-15-10-22-26(2)18(15)25-19(24-17)21-11-16(20)14-6-4-3-5-7-14/h3-7,10,12-13,16H,8-9,11,20H2,1-2H3,(H2,21,23,24,25)/t12-,16+/m1/s1. The van der Waals surface area contributed by atoms with Crippen LogP contribution in [-0.2, 0) is 7.05 Å². The van der Waals surface area contributed by atoms with E-state index in [1.165, 1.54) is 12.8 Å². The summed E-state index contributed by atoms with van der Waals surface area (Å²) in [5.41, 5.74) is 8.17. The molecule has 0 saturated heterocycles. The van der Waals surface area contributed by atoms with Crippen LogP contribution in [0.1, 0.15) is 31.4 Å². The average Bonchev–Trinajstić information content (AvgIpc) is 3.45. The SMILES string of the molecule is C[C@@H](Nc1nc(NC[C@H](N)c2ccccc2)nc2c1cnn2C)C1CC1. The molecule has 7 nitrogen and oxygen atoms in total. The van der Waals surface area contributed by atoms with Crippen molar-refractivity contribution in [2.45, 2.75) is 31.8 Å². The summed E-state index contributed by atoms with van der Waals surface area (Å²) in [4.78, 5) is 9.30. The molecule has 1 fully saturated rings. The number of hydrogen-bond donors (Lipinski definition) is 3. The van der Waals surface area contributed by atoms with Gasteiger partial charge in [-0.05, 0) is 31.2 Å². The number of nitrogens with zero attached hydrogens (tertiary/aromatic N) is 4. The largest absolute Gasteiger partial charge is 0.367 e. The first-order chi connectivity index (χ1) is 12.6. The lowest BCUT2D eigenvalue weighted by atomic mass is 10.1. The Morgan fingerprint density at radius 1 is 1.23 bits per heavy atom. The lowest BCUT2D eigenvalue weighted by Gasteiger charge is -2.16. The zero-order valence-electron chi connectivity index (χ0n) is 15.2. The monoisotopic (exact) mass is 351 g/mol. The maximum atomic E-state index is 6.28. The van der Waals surface area contributed by atoms with Crippen molar-refractivity contribution in [3.8, 4) is 0 Å². The number of aromatic nitrogens is 4. The minimum atomic E-state index is -0.121. The summed E-state index contributed by atoms with van der Waals surface area (Å²) in [6.45, 7) is 2.77. The molecule has 0 unspecified atom stereocenters. The van der Waals surface area contributed by atoms with Gasteiger partial charge in [-0.25, -0.2) is 0 Å². The molecule has 1 aromatic carbocycles. The van der Waals surface area contributed by atoms with Crippen molar-refractivity contribution in [3.05, 3.63) is 42.1 Å². The molecule has 7 heteroatoms. The van der Waals surface area contributed by atoms with Crippen molar-refractivity contribution >= 4 is 22.8 Å². The summed E-state index contributed by atoms with van der Waals surface area (Å²) in [5, 5.41) is 12.1. The van der Waals surface area contributed by atoms with Gasteiger partial charge in [-0.15, -0.1) is 0 Å². The fourth-order valence-electron chi connectivity index (χ4n) is 3.16. The van der Waals surface area contributed by atoms with E-state index in [1.54, 1.807) is 4.68 Å². The second-order valence-corrected chi connectivity index (χ2v) is 7.07. The van der Waals surface area contributed by atoms with Gasteiger partial charge in [0.1, 0.15) is 5.82 Å². The maximum absolute atomic E-state index is 6.28. The molecule has 0 radical (unpaired) electrons. The number of anilines is 2. The first-order valence-electron chi connectivity index (χ1n) is 9.12. The molecular weight excluding hydrogens is 326 g/mol. The molecule has 0 aliphatic heterocycles. The highest BCUT2D eigenvalue weighted by Gasteiger charge is 2.28. The smallest absolute Gasteiger partial charge is 0.226 e. The van der Waals surface area contributed by atoms with Crippen LogP contribution in [0.25, 0.3) is 11.0 Å². The molecule has 0 amide bonds. The van der Waals surface area contributed by atoms with E-state index in [4.69, 9.17) is 5.73 Å². The Morgan fingerprint density at radius 3 is 2.73 bits per heavy atom. The summed E-state index contributed by atoms with van der Waals surface area (Å²) < 4.78 is 1.77. The molecule has 4 N–H and O–H groups in total. The minimum absolute atomic E-state index is 0.121. The second kappa shape index (κ2) is 6.92. The summed E-state index contributed by atoms with van der Waals surface area (Å²) in [7, 11) is 1.89. The normalized spacial score (nSPS) is 16.4. The van der Waals surface area contributed by atoms with E-state index >= 15 is 0 Å². The lowest BCUT2D eigenvalue weighted by molar-refractivity contribution is 0.691. The zero-order valence-corrected chi connectivity index (χ0v) is 15.2. The summed E-state index contributed by atoms with van der Waals surface area (Å²) in [6.07, 6.45) is 4.38. The van der Waals surface area contributed by atoms with Gasteiger partial charge in [-0.1, -0.05) is 30.3 Å². The third-order valence-corrected chi connectivity index (χ3v) is 4.99. The highest BCUT2D eigenvalue weighted by atomic mass is 15.3. The van der Waals surface area contributed by atoms with Gasteiger partial charge < -0.3 is 16.4 Å². The fraction of sp³-hybridized carbons (Fsp3) is 0.421. The Hall–Kier alpha value is -2.67. The van der Waals surface area contributed by atoms with Crippen LogP contribution in [0, 0.1) is 5.92 Å². The number of benzene rings is 1. The van der Waals surface area contributed by atoms with Crippen LogP contribution in [0.4, 0.5) is 11.8 Å². The van der Waals surface area contributed by atoms with Crippen molar-refractivity contribution in [1.82, 2.24) is 19.7 Å². The predicted molar refractivity (Wildman–Crippen MR) is 104 cm³/mol. The Kier molecular flexibility index (Phi) is 4.46. The van der Waals surface area contributed by atoms with Crippen LogP contribution in [0.2, 0.25) is 0 Å². The van der Waals surface area contributed by atoms with Crippen molar-refractivity contribution in [1.29, 1.82) is 0 Å². The van der Waals surface area contributed by atoms with E-state index in [9.17, 15) is 0 Å². The average molecular weight is 351 g/mol. The van der Waals surface area contributed by atoms with E-state index in [1.807, 2.05) is 43.6 Å². The van der Waals surface area contributed by atoms with Crippen molar-refractivity contribution < 1.29 is 0 Å². The molecule has 136 valence electrons. The minimum Gasteiger partial charge on any atom is -0.367 e. The molecule has 0 spiro atoms. The van der Waals surface area contributed by atoms with Gasteiger partial charge in [0, 0.05) is 25.7 Å². The quantitative estimate of drug-likeness (QED) is 0.606. The van der Waals surface area contributed by atoms with Crippen LogP contribution in [0.3, 0.4) is 0 Å². The number of rotatable bonds is 7. The van der Waals surface area contributed by atoms with Crippen LogP contribution < -0.4 is 16.4 Å². The molecule has 2 atom stereocenters. The molecule has 2 aromatic heterocycles. The first-order valence-corrected chi connectivity index (χ1v) is 9.12. The topological polar surface area (TPSA) is 93.7 Å². The van der Waals surface area contributed by atoms with E-state index < -0.39 is 0 Å². The van der Waals surface area contributed by atoms with E-state index in [0.717, 1.165) is 28.3 Å². The Balaban J connectivity index is 1.55. The second-order valence-electron chi connectivity index (χ2n) is 7.07. The zero-order chi connectivity index (χ0) is 18.1. The number of fused-ring (bicyclic) bond motifs is 1. The third-order valence-electron chi connectivity index (χ3n) is 4.99. The van der Waals surface area contributed by atoms with Crippen LogP contribution in [0.5, 0.6) is 0 Å². The Bertz CT molecular complexity index is 886. The molecule has 4 rings (SSSR count). The maximum Gasteiger partial charge on any atom is 0.226 e. The van der Waals surface area contributed by atoms with Gasteiger partial charge in [-0.2, -0.15) is 15.1 Å². The van der Waals surface area contributed by atoms with Crippen LogP contribution in [0.15, 0.2) is 36.5 Å². The summed E-state index contributed by atoms with van der Waals surface area (Å²) in [5.74, 6) is 2.14. The number of hydrogen-bond acceptors (Lipinski definition) is 6. The highest BCUT2D eigenvalue weighted by molar-refractivity contribution is 5.87. The van der Waals surface area contributed by atoms with Crippen LogP contribution in [-0.4, -0.2) is 32.3 Å². The Labute approximate surface area is 153 Å². The van der Waals surface area contributed by atoms with Gasteiger partial charge >= 0.3 is 0 Å². The molecular formula is C19H25N7. The molecule has 26 heavy (non-hydrogen) atoms. The predicted octanol–water partition coefficient (Wildman–Crippen LogP) is 2.69. The van der Waals surface area contributed by atoms with E-state index in [0.29, 0.717) is 18.5 Å². The molecule has 3 aromatic rings. The van der Waals surface area contributed by atoms with Gasteiger partial charge in [-0.3, -0.25) is 4.68 Å². The van der Waals surface area contributed by atoms with Gasteiger partial charge in [0.2, 0.25) is 5.95 Å². The molecule has 2 heterocycles. The number of aryl methyl sites for hydroxylation is 1. The van der Waals surface area contributed by atoms with E-state index in [2.05, 4.69) is 32.6 Å². The number of nitrogens with two attached hydrogens (primary N) is 1. The lowest BCUT2D eigenvalue weighted by Crippen LogP contribution is -2.22. The first kappa shape index (κ1) is 16.8. The molecule has 0 bridgehead atoms. The highest BCUT2D eigenvalue weighted by Crippen LogP contribution is 2.34.